The van der Waals surface area contributed by atoms with Crippen LogP contribution in [0.1, 0.15) is 116 Å². The first kappa shape index (κ1) is 41.4. The number of primary amides is 1. The number of cyclic esters (lactones) is 1. The smallest absolute Gasteiger partial charge is 0.324 e. The summed E-state index contributed by atoms with van der Waals surface area (Å²) in [5.41, 5.74) is 4.18. The molecule has 3 unspecified atom stereocenters. The number of nitrogens with two attached hydrogens (primary N) is 1. The zero-order chi connectivity index (χ0) is 40.7. The van der Waals surface area contributed by atoms with Crippen molar-refractivity contribution in [2.75, 3.05) is 45.8 Å². The van der Waals surface area contributed by atoms with Crippen molar-refractivity contribution in [3.8, 4) is 11.8 Å². The molecule has 9 atom stereocenters. The minimum Gasteiger partial charge on any atom is -0.459 e. The summed E-state index contributed by atoms with van der Waals surface area (Å²) in [7, 11) is 0. The number of aliphatic hydroxyl groups excluding tert-OH is 1. The number of rotatable bonds is 6. The molecule has 5 heterocycles. The van der Waals surface area contributed by atoms with Crippen molar-refractivity contribution in [2.24, 2.45) is 46.7 Å². The molecular weight excluding hydrogens is 749 g/mol. The molecule has 1 spiro atoms. The molecule has 9 aliphatic rings. The molecule has 0 radical (unpaired) electrons. The van der Waals surface area contributed by atoms with Crippen LogP contribution in [0.15, 0.2) is 0 Å². The van der Waals surface area contributed by atoms with Gasteiger partial charge in [0.25, 0.3) is 0 Å². The number of nitrogens with zero attached hydrogens (tertiary/aromatic N) is 3. The van der Waals surface area contributed by atoms with E-state index in [9.17, 15) is 9.90 Å². The Balaban J connectivity index is 1.16. The molecule has 4 aliphatic carbocycles. The predicted molar refractivity (Wildman–Crippen MR) is 221 cm³/mol. The van der Waals surface area contributed by atoms with Gasteiger partial charge in [0.05, 0.1) is 30.0 Å². The van der Waals surface area contributed by atoms with E-state index in [-0.39, 0.29) is 84.6 Å². The number of carbonyl (C=O) groups excluding carboxylic acids is 4. The van der Waals surface area contributed by atoms with E-state index in [1.807, 2.05) is 4.90 Å². The standard InChI is InChI=1S/C45H70N8O6/c46-43(58)47-20-7-9-28-14-19-34-33(27-28)45(42(57)50-34)35(40(55)51-23-25-52(26-24-51)44-48-21-8-22-49-44)37-41(56)59-38(30-12-5-2-6-13-30)36(29-10-3-1-4-11-29)53(37)39(45)31-15-17-32(54)18-16-31/h28-39,44,48-49,54H,1-6,8,10-27H2,(H,50,57)(H3,46,47,58)/t28?,31?,32?,33?,34?,35-,36-,37-,38+,39+,45-/m0/s1. The summed E-state index contributed by atoms with van der Waals surface area (Å²) in [5.74, 6) is 5.59. The fourth-order valence-corrected chi connectivity index (χ4v) is 14.1. The van der Waals surface area contributed by atoms with E-state index in [0.29, 0.717) is 51.4 Å². The molecule has 0 aromatic rings. The Morgan fingerprint density at radius 3 is 2.19 bits per heavy atom. The zero-order valence-electron chi connectivity index (χ0n) is 35.1. The van der Waals surface area contributed by atoms with Gasteiger partial charge in [0, 0.05) is 44.2 Å². The summed E-state index contributed by atoms with van der Waals surface area (Å²) in [4.78, 5) is 65.2. The number of ether oxygens (including phenoxy) is 1. The lowest BCUT2D eigenvalue weighted by Crippen LogP contribution is -2.66. The van der Waals surface area contributed by atoms with Crippen molar-refractivity contribution < 1.29 is 29.0 Å². The highest BCUT2D eigenvalue weighted by Crippen LogP contribution is 2.64. The maximum Gasteiger partial charge on any atom is 0.324 e. The van der Waals surface area contributed by atoms with Crippen LogP contribution in [0, 0.1) is 52.8 Å². The van der Waals surface area contributed by atoms with E-state index in [1.54, 1.807) is 0 Å². The van der Waals surface area contributed by atoms with Crippen LogP contribution < -0.4 is 27.0 Å². The first-order chi connectivity index (χ1) is 28.8. The van der Waals surface area contributed by atoms with Crippen LogP contribution in [0.2, 0.25) is 0 Å². The maximum absolute atomic E-state index is 15.9. The fraction of sp³-hybridized carbons (Fsp3) is 0.867. The molecule has 0 aromatic heterocycles. The average molecular weight is 819 g/mol. The first-order valence-corrected chi connectivity index (χ1v) is 23.7. The number of amides is 4. The molecular formula is C45H70N8O6. The first-order valence-electron chi connectivity index (χ1n) is 23.7. The van der Waals surface area contributed by atoms with Gasteiger partial charge in [-0.1, -0.05) is 50.4 Å². The molecule has 4 saturated carbocycles. The van der Waals surface area contributed by atoms with Gasteiger partial charge in [0.2, 0.25) is 11.8 Å². The normalized spacial score (nSPS) is 40.4. The van der Waals surface area contributed by atoms with E-state index in [2.05, 4.69) is 42.9 Å². The van der Waals surface area contributed by atoms with Crippen molar-refractivity contribution in [1.29, 1.82) is 0 Å². The Labute approximate surface area is 350 Å². The molecule has 0 bridgehead atoms. The van der Waals surface area contributed by atoms with Gasteiger partial charge < -0.3 is 31.1 Å². The molecule has 0 aromatic carbocycles. The number of aliphatic hydroxyl groups is 1. The molecule has 7 N–H and O–H groups in total. The number of hydrogen-bond donors (Lipinski definition) is 6. The minimum atomic E-state index is -1.16. The highest BCUT2D eigenvalue weighted by Gasteiger charge is 2.78. The Hall–Kier alpha value is -2.96. The summed E-state index contributed by atoms with van der Waals surface area (Å²) >= 11 is 0. The van der Waals surface area contributed by atoms with Gasteiger partial charge in [-0.2, -0.15) is 0 Å². The van der Waals surface area contributed by atoms with Crippen molar-refractivity contribution >= 4 is 23.8 Å². The van der Waals surface area contributed by atoms with Gasteiger partial charge in [-0.05, 0) is 114 Å². The summed E-state index contributed by atoms with van der Waals surface area (Å²) in [6.07, 6.45) is 16.7. The molecule has 14 heteroatoms. The van der Waals surface area contributed by atoms with E-state index in [4.69, 9.17) is 10.5 Å². The second-order valence-corrected chi connectivity index (χ2v) is 19.8. The fourth-order valence-electron chi connectivity index (χ4n) is 14.1. The van der Waals surface area contributed by atoms with Crippen LogP contribution >= 0.6 is 0 Å². The lowest BCUT2D eigenvalue weighted by molar-refractivity contribution is -0.191. The quantitative estimate of drug-likeness (QED) is 0.172. The number of hydrogen-bond acceptors (Lipinski definition) is 10. The van der Waals surface area contributed by atoms with Crippen LogP contribution in [-0.2, 0) is 19.1 Å². The van der Waals surface area contributed by atoms with Crippen molar-refractivity contribution in [3.05, 3.63) is 0 Å². The van der Waals surface area contributed by atoms with Crippen LogP contribution in [0.4, 0.5) is 4.79 Å². The summed E-state index contributed by atoms with van der Waals surface area (Å²) in [6.45, 7) is 4.51. The monoisotopic (exact) mass is 819 g/mol. The van der Waals surface area contributed by atoms with Crippen molar-refractivity contribution in [1.82, 2.24) is 36.0 Å². The lowest BCUT2D eigenvalue weighted by atomic mass is 9.55. The highest BCUT2D eigenvalue weighted by molar-refractivity contribution is 5.99. The summed E-state index contributed by atoms with van der Waals surface area (Å²) in [5, 5.41) is 24.2. The Kier molecular flexibility index (Phi) is 12.5. The SMILES string of the molecule is NC(=O)NCC#CC1CCC2NC(=O)[C@@]3(C2C1)[C@H](C(=O)N1CCN(C2NCCCN2)CC1)[C@H]1C(=O)O[C@H](C2CCCCC2)[C@H](C2CCCCC2)N1[C@@H]3C1CCC(O)CC1. The van der Waals surface area contributed by atoms with Crippen LogP contribution in [0.3, 0.4) is 0 Å². The van der Waals surface area contributed by atoms with Gasteiger partial charge in [0.1, 0.15) is 18.4 Å². The third-order valence-electron chi connectivity index (χ3n) is 16.7. The minimum absolute atomic E-state index is 0.0344. The second-order valence-electron chi connectivity index (χ2n) is 19.8. The van der Waals surface area contributed by atoms with Crippen LogP contribution in [0.25, 0.3) is 0 Å². The zero-order valence-corrected chi connectivity index (χ0v) is 35.1. The Morgan fingerprint density at radius 2 is 1.51 bits per heavy atom. The summed E-state index contributed by atoms with van der Waals surface area (Å²) in [6, 6.07) is -1.98. The van der Waals surface area contributed by atoms with E-state index < -0.39 is 23.4 Å². The molecule has 9 fully saturated rings. The van der Waals surface area contributed by atoms with E-state index >= 15 is 14.4 Å². The largest absolute Gasteiger partial charge is 0.459 e. The molecule has 59 heavy (non-hydrogen) atoms. The molecule has 5 saturated heterocycles. The van der Waals surface area contributed by atoms with Gasteiger partial charge in [-0.3, -0.25) is 34.8 Å². The molecule has 4 amide bonds. The van der Waals surface area contributed by atoms with Crippen LogP contribution in [-0.4, -0.2) is 132 Å². The van der Waals surface area contributed by atoms with Crippen molar-refractivity contribution in [2.45, 2.75) is 158 Å². The predicted octanol–water partition coefficient (Wildman–Crippen LogP) is 2.24. The van der Waals surface area contributed by atoms with Gasteiger partial charge in [-0.25, -0.2) is 4.79 Å². The number of esters is 1. The average Bonchev–Trinajstić information content (AvgIpc) is 3.74. The van der Waals surface area contributed by atoms with Crippen LogP contribution in [0.5, 0.6) is 0 Å². The van der Waals surface area contributed by atoms with E-state index in [1.165, 1.54) is 12.8 Å². The third-order valence-corrected chi connectivity index (χ3v) is 16.7. The highest BCUT2D eigenvalue weighted by atomic mass is 16.6. The van der Waals surface area contributed by atoms with Gasteiger partial charge in [-0.15, -0.1) is 0 Å². The molecule has 9 rings (SSSR count). The maximum atomic E-state index is 15.9. The van der Waals surface area contributed by atoms with Crippen molar-refractivity contribution in [3.63, 3.8) is 0 Å². The molecule has 5 aliphatic heterocycles. The van der Waals surface area contributed by atoms with Gasteiger partial charge >= 0.3 is 12.0 Å². The Bertz CT molecular complexity index is 1600. The number of nitrogens with one attached hydrogen (secondary N) is 4. The molecule has 14 nitrogen and oxygen atoms in total. The second kappa shape index (κ2) is 17.8. The number of piperazine rings is 1. The Morgan fingerprint density at radius 1 is 0.831 bits per heavy atom. The third kappa shape index (κ3) is 7.78. The number of carbonyl (C=O) groups is 4. The molecule has 326 valence electrons. The summed E-state index contributed by atoms with van der Waals surface area (Å²) < 4.78 is 6.89. The van der Waals surface area contributed by atoms with Gasteiger partial charge in [0.15, 0.2) is 0 Å². The number of urea groups is 1. The number of fused-ring (bicyclic) bond motifs is 3. The number of morpholine rings is 1. The lowest BCUT2D eigenvalue weighted by Gasteiger charge is -2.54. The van der Waals surface area contributed by atoms with E-state index in [0.717, 1.165) is 96.6 Å². The topological polar surface area (TPSA) is 182 Å².